The predicted molar refractivity (Wildman–Crippen MR) is 79.9 cm³/mol. The first kappa shape index (κ1) is 14.7. The van der Waals surface area contributed by atoms with Crippen LogP contribution in [0.5, 0.6) is 0 Å². The Morgan fingerprint density at radius 1 is 1.35 bits per heavy atom. The number of hydrogen-bond donors (Lipinski definition) is 2. The Kier molecular flexibility index (Phi) is 4.20. The first-order valence-corrected chi connectivity index (χ1v) is 7.62. The van der Waals surface area contributed by atoms with Gasteiger partial charge in [-0.3, -0.25) is 4.79 Å². The van der Waals surface area contributed by atoms with E-state index in [4.69, 9.17) is 0 Å². The molecule has 2 heterocycles. The number of aryl methyl sites for hydroxylation is 2. The molecule has 2 aromatic rings. The molecule has 0 spiro atoms. The van der Waals surface area contributed by atoms with Gasteiger partial charge >= 0.3 is 5.97 Å². The summed E-state index contributed by atoms with van der Waals surface area (Å²) in [5, 5.41) is 15.0. The number of hydrogen-bond acceptors (Lipinski definition) is 5. The van der Waals surface area contributed by atoms with Crippen molar-refractivity contribution < 1.29 is 14.7 Å². The highest BCUT2D eigenvalue weighted by atomic mass is 32.1. The van der Waals surface area contributed by atoms with Gasteiger partial charge in [0.25, 0.3) is 0 Å². The van der Waals surface area contributed by atoms with Crippen molar-refractivity contribution >= 4 is 39.6 Å². The molecule has 0 saturated heterocycles. The van der Waals surface area contributed by atoms with Crippen LogP contribution in [0.2, 0.25) is 0 Å². The molecule has 0 saturated carbocycles. The second kappa shape index (κ2) is 5.72. The average Bonchev–Trinajstić information content (AvgIpc) is 2.84. The fourth-order valence-electron chi connectivity index (χ4n) is 1.80. The maximum atomic E-state index is 12.0. The van der Waals surface area contributed by atoms with Crippen LogP contribution in [0.15, 0.2) is 5.38 Å². The van der Waals surface area contributed by atoms with E-state index < -0.39 is 5.97 Å². The number of carbonyl (C=O) groups is 2. The third-order valence-electron chi connectivity index (χ3n) is 2.86. The maximum absolute atomic E-state index is 12.0. The van der Waals surface area contributed by atoms with Crippen LogP contribution in [-0.4, -0.2) is 22.0 Å². The van der Waals surface area contributed by atoms with Gasteiger partial charge in [-0.05, 0) is 26.3 Å². The third kappa shape index (κ3) is 3.05. The number of thiazole rings is 1. The highest BCUT2D eigenvalue weighted by Gasteiger charge is 2.20. The van der Waals surface area contributed by atoms with Gasteiger partial charge < -0.3 is 10.4 Å². The van der Waals surface area contributed by atoms with E-state index in [1.807, 2.05) is 19.2 Å². The standard InChI is InChI=1S/C13H14N2O3S2/c1-6-7(2)20-12(11(6)13(17)18)15-10(16)4-9-5-19-8(3)14-9/h5H,4H2,1-3H3,(H,15,16)(H,17,18). The van der Waals surface area contributed by atoms with E-state index in [2.05, 4.69) is 10.3 Å². The SMILES string of the molecule is Cc1nc(CC(=O)Nc2sc(C)c(C)c2C(=O)O)cs1. The number of nitrogens with zero attached hydrogens (tertiary/aromatic N) is 1. The van der Waals surface area contributed by atoms with Crippen LogP contribution >= 0.6 is 22.7 Å². The van der Waals surface area contributed by atoms with Crippen LogP contribution in [0.1, 0.15) is 31.5 Å². The number of anilines is 1. The molecule has 0 aliphatic rings. The summed E-state index contributed by atoms with van der Waals surface area (Å²) in [6.07, 6.45) is 0.152. The Balaban J connectivity index is 2.16. The second-order valence-corrected chi connectivity index (χ2v) is 6.66. The molecule has 5 nitrogen and oxygen atoms in total. The molecule has 2 N–H and O–H groups in total. The maximum Gasteiger partial charge on any atom is 0.338 e. The molecule has 7 heteroatoms. The lowest BCUT2D eigenvalue weighted by Gasteiger charge is -2.03. The van der Waals surface area contributed by atoms with E-state index in [0.717, 1.165) is 9.88 Å². The van der Waals surface area contributed by atoms with Crippen molar-refractivity contribution in [2.45, 2.75) is 27.2 Å². The first-order valence-electron chi connectivity index (χ1n) is 5.92. The molecule has 2 aromatic heterocycles. The zero-order chi connectivity index (χ0) is 14.9. The van der Waals surface area contributed by atoms with Crippen LogP contribution in [-0.2, 0) is 11.2 Å². The molecule has 2 rings (SSSR count). The van der Waals surface area contributed by atoms with Crippen molar-refractivity contribution in [2.24, 2.45) is 0 Å². The molecule has 0 atom stereocenters. The molecular formula is C13H14N2O3S2. The summed E-state index contributed by atoms with van der Waals surface area (Å²) < 4.78 is 0. The van der Waals surface area contributed by atoms with Gasteiger partial charge in [0.2, 0.25) is 5.91 Å². The van der Waals surface area contributed by atoms with Crippen molar-refractivity contribution in [3.63, 3.8) is 0 Å². The fraction of sp³-hybridized carbons (Fsp3) is 0.308. The lowest BCUT2D eigenvalue weighted by atomic mass is 10.1. The van der Waals surface area contributed by atoms with Gasteiger partial charge in [0.15, 0.2) is 0 Å². The van der Waals surface area contributed by atoms with Crippen molar-refractivity contribution in [3.8, 4) is 0 Å². The van der Waals surface area contributed by atoms with Crippen molar-refractivity contribution in [1.29, 1.82) is 0 Å². The number of carboxylic acid groups (broad SMARTS) is 1. The Morgan fingerprint density at radius 2 is 2.05 bits per heavy atom. The largest absolute Gasteiger partial charge is 0.478 e. The average molecular weight is 310 g/mol. The molecule has 20 heavy (non-hydrogen) atoms. The number of aromatic carboxylic acids is 1. The summed E-state index contributed by atoms with van der Waals surface area (Å²) in [6.45, 7) is 5.46. The first-order chi connectivity index (χ1) is 9.38. The summed E-state index contributed by atoms with van der Waals surface area (Å²) in [4.78, 5) is 28.3. The molecule has 0 radical (unpaired) electrons. The predicted octanol–water partition coefficient (Wildman–Crippen LogP) is 3.01. The van der Waals surface area contributed by atoms with Crippen LogP contribution in [0.4, 0.5) is 5.00 Å². The summed E-state index contributed by atoms with van der Waals surface area (Å²) in [7, 11) is 0. The van der Waals surface area contributed by atoms with Crippen LogP contribution in [0, 0.1) is 20.8 Å². The minimum atomic E-state index is -1.02. The number of carbonyl (C=O) groups excluding carboxylic acids is 1. The van der Waals surface area contributed by atoms with Gasteiger partial charge in [-0.1, -0.05) is 0 Å². The van der Waals surface area contributed by atoms with E-state index in [1.54, 1.807) is 6.92 Å². The molecule has 1 amide bonds. The summed E-state index contributed by atoms with van der Waals surface area (Å²) in [5.74, 6) is -1.27. The quantitative estimate of drug-likeness (QED) is 0.910. The lowest BCUT2D eigenvalue weighted by molar-refractivity contribution is -0.115. The van der Waals surface area contributed by atoms with Crippen molar-refractivity contribution in [3.05, 3.63) is 32.1 Å². The van der Waals surface area contributed by atoms with Crippen LogP contribution < -0.4 is 5.32 Å². The second-order valence-electron chi connectivity index (χ2n) is 4.38. The molecular weight excluding hydrogens is 296 g/mol. The molecule has 0 aliphatic heterocycles. The topological polar surface area (TPSA) is 79.3 Å². The van der Waals surface area contributed by atoms with E-state index in [0.29, 0.717) is 16.3 Å². The number of nitrogens with one attached hydrogen (secondary N) is 1. The Labute approximate surface area is 124 Å². The van der Waals surface area contributed by atoms with Crippen molar-refractivity contribution in [2.75, 3.05) is 5.32 Å². The summed E-state index contributed by atoms with van der Waals surface area (Å²) >= 11 is 2.77. The number of thiophene rings is 1. The van der Waals surface area contributed by atoms with E-state index in [-0.39, 0.29) is 17.9 Å². The van der Waals surface area contributed by atoms with Crippen LogP contribution in [0.25, 0.3) is 0 Å². The van der Waals surface area contributed by atoms with Gasteiger partial charge in [-0.25, -0.2) is 9.78 Å². The van der Waals surface area contributed by atoms with Gasteiger partial charge in [-0.2, -0.15) is 0 Å². The van der Waals surface area contributed by atoms with Gasteiger partial charge in [0.05, 0.1) is 22.7 Å². The number of rotatable bonds is 4. The fourth-order valence-corrected chi connectivity index (χ4v) is 3.48. The molecule has 0 aliphatic carbocycles. The highest BCUT2D eigenvalue weighted by molar-refractivity contribution is 7.16. The van der Waals surface area contributed by atoms with E-state index in [1.165, 1.54) is 22.7 Å². The minimum Gasteiger partial charge on any atom is -0.478 e. The van der Waals surface area contributed by atoms with E-state index in [9.17, 15) is 14.7 Å². The minimum absolute atomic E-state index is 0.152. The summed E-state index contributed by atoms with van der Waals surface area (Å²) in [6, 6.07) is 0. The molecule has 106 valence electrons. The van der Waals surface area contributed by atoms with Gasteiger partial charge in [0, 0.05) is 10.3 Å². The number of amides is 1. The lowest BCUT2D eigenvalue weighted by Crippen LogP contribution is -2.15. The van der Waals surface area contributed by atoms with Gasteiger partial charge in [-0.15, -0.1) is 22.7 Å². The molecule has 0 fully saturated rings. The Morgan fingerprint density at radius 3 is 2.60 bits per heavy atom. The summed E-state index contributed by atoms with van der Waals surface area (Å²) in [5.41, 5.74) is 1.57. The van der Waals surface area contributed by atoms with Crippen molar-refractivity contribution in [1.82, 2.24) is 4.98 Å². The van der Waals surface area contributed by atoms with E-state index >= 15 is 0 Å². The molecule has 0 aromatic carbocycles. The third-order valence-corrected chi connectivity index (χ3v) is 4.81. The molecule has 0 bridgehead atoms. The molecule has 0 unspecified atom stereocenters. The van der Waals surface area contributed by atoms with Crippen LogP contribution in [0.3, 0.4) is 0 Å². The zero-order valence-electron chi connectivity index (χ0n) is 11.3. The number of aromatic nitrogens is 1. The Hall–Kier alpha value is -1.73. The zero-order valence-corrected chi connectivity index (χ0v) is 12.9. The smallest absolute Gasteiger partial charge is 0.338 e. The monoisotopic (exact) mass is 310 g/mol. The van der Waals surface area contributed by atoms with Gasteiger partial charge in [0.1, 0.15) is 5.00 Å². The normalized spacial score (nSPS) is 10.6. The highest BCUT2D eigenvalue weighted by Crippen LogP contribution is 2.32. The Bertz CT molecular complexity index is 673. The number of carboxylic acids is 1.